The van der Waals surface area contributed by atoms with Crippen LogP contribution in [0.5, 0.6) is 0 Å². The molecule has 0 heterocycles. The molecule has 2 unspecified atom stereocenters. The molecule has 1 aliphatic carbocycles. The minimum absolute atomic E-state index is 0.00189. The molecule has 2 atom stereocenters. The van der Waals surface area contributed by atoms with Crippen LogP contribution in [0, 0.1) is 5.92 Å². The van der Waals surface area contributed by atoms with Gasteiger partial charge in [-0.3, -0.25) is 9.59 Å². The lowest BCUT2D eigenvalue weighted by molar-refractivity contribution is -0.141. The molecule has 0 aromatic heterocycles. The molecular formula is C15H15F4NO3. The lowest BCUT2D eigenvalue weighted by Gasteiger charge is -2.21. The minimum Gasteiger partial charge on any atom is -0.468 e. The fourth-order valence-electron chi connectivity index (χ4n) is 2.11. The van der Waals surface area contributed by atoms with Gasteiger partial charge in [0.15, 0.2) is 0 Å². The van der Waals surface area contributed by atoms with Gasteiger partial charge in [-0.05, 0) is 30.7 Å². The number of carbonyl (C=O) groups excluding carboxylic acids is 2. The molecule has 1 saturated carbocycles. The zero-order valence-corrected chi connectivity index (χ0v) is 12.3. The van der Waals surface area contributed by atoms with Crippen LogP contribution in [0.1, 0.15) is 22.3 Å². The van der Waals surface area contributed by atoms with Crippen LogP contribution in [0.25, 0.3) is 0 Å². The van der Waals surface area contributed by atoms with Crippen LogP contribution in [-0.4, -0.2) is 43.1 Å². The van der Waals surface area contributed by atoms with E-state index in [0.717, 1.165) is 36.3 Å². The third-order valence-corrected chi connectivity index (χ3v) is 3.59. The molecule has 0 radical (unpaired) electrons. The van der Waals surface area contributed by atoms with Gasteiger partial charge in [-0.15, -0.1) is 0 Å². The van der Waals surface area contributed by atoms with E-state index < -0.39 is 29.8 Å². The number of benzene rings is 1. The summed E-state index contributed by atoms with van der Waals surface area (Å²) < 4.78 is 55.1. The molecule has 1 amide bonds. The molecule has 1 aliphatic rings. The van der Waals surface area contributed by atoms with Crippen LogP contribution < -0.4 is 0 Å². The highest BCUT2D eigenvalue weighted by atomic mass is 19.4. The molecule has 2 rings (SSSR count). The average molecular weight is 333 g/mol. The Labute approximate surface area is 130 Å². The minimum atomic E-state index is -4.50. The van der Waals surface area contributed by atoms with E-state index in [1.807, 2.05) is 0 Å². The third kappa shape index (κ3) is 4.43. The zero-order chi connectivity index (χ0) is 17.2. The number of amides is 1. The van der Waals surface area contributed by atoms with Crippen molar-refractivity contribution in [2.45, 2.75) is 18.8 Å². The SMILES string of the molecule is COC(=O)CN(CC1CC1F)C(=O)c1ccc(C(F)(F)F)cc1. The van der Waals surface area contributed by atoms with Crippen molar-refractivity contribution < 1.29 is 31.9 Å². The number of alkyl halides is 4. The molecule has 4 nitrogen and oxygen atoms in total. The fraction of sp³-hybridized carbons (Fsp3) is 0.467. The number of methoxy groups -OCH3 is 1. The van der Waals surface area contributed by atoms with Gasteiger partial charge in [-0.1, -0.05) is 0 Å². The molecule has 0 spiro atoms. The fourth-order valence-corrected chi connectivity index (χ4v) is 2.11. The predicted molar refractivity (Wildman–Crippen MR) is 72.4 cm³/mol. The molecule has 126 valence electrons. The van der Waals surface area contributed by atoms with Crippen molar-refractivity contribution in [2.75, 3.05) is 20.2 Å². The molecular weight excluding hydrogens is 318 g/mol. The summed E-state index contributed by atoms with van der Waals surface area (Å²) in [5.74, 6) is -1.66. The number of carbonyl (C=O) groups is 2. The first-order valence-corrected chi connectivity index (χ1v) is 6.89. The number of esters is 1. The second-order valence-corrected chi connectivity index (χ2v) is 5.35. The van der Waals surface area contributed by atoms with E-state index in [1.165, 1.54) is 0 Å². The summed E-state index contributed by atoms with van der Waals surface area (Å²) in [5.41, 5.74) is -0.877. The van der Waals surface area contributed by atoms with Crippen molar-refractivity contribution >= 4 is 11.9 Å². The number of hydrogen-bond acceptors (Lipinski definition) is 3. The van der Waals surface area contributed by atoms with E-state index in [4.69, 9.17) is 0 Å². The van der Waals surface area contributed by atoms with Gasteiger partial charge in [-0.2, -0.15) is 13.2 Å². The van der Waals surface area contributed by atoms with E-state index in [9.17, 15) is 27.2 Å². The largest absolute Gasteiger partial charge is 0.468 e. The first-order chi connectivity index (χ1) is 10.7. The van der Waals surface area contributed by atoms with Crippen molar-refractivity contribution in [1.82, 2.24) is 4.90 Å². The normalized spacial score (nSPS) is 20.0. The van der Waals surface area contributed by atoms with Crippen LogP contribution >= 0.6 is 0 Å². The van der Waals surface area contributed by atoms with Gasteiger partial charge in [0, 0.05) is 18.0 Å². The van der Waals surface area contributed by atoms with Crippen LogP contribution in [0.15, 0.2) is 24.3 Å². The molecule has 8 heteroatoms. The van der Waals surface area contributed by atoms with Crippen molar-refractivity contribution in [1.29, 1.82) is 0 Å². The number of halogens is 4. The Morgan fingerprint density at radius 3 is 2.26 bits per heavy atom. The first kappa shape index (κ1) is 17.2. The summed E-state index contributed by atoms with van der Waals surface area (Å²) >= 11 is 0. The number of hydrogen-bond donors (Lipinski definition) is 0. The maximum absolute atomic E-state index is 13.0. The van der Waals surface area contributed by atoms with Gasteiger partial charge in [0.25, 0.3) is 5.91 Å². The Morgan fingerprint density at radius 2 is 1.83 bits per heavy atom. The van der Waals surface area contributed by atoms with Gasteiger partial charge in [0.05, 0.1) is 12.7 Å². The molecule has 23 heavy (non-hydrogen) atoms. The predicted octanol–water partition coefficient (Wildman–Crippen LogP) is 2.68. The Morgan fingerprint density at radius 1 is 1.26 bits per heavy atom. The summed E-state index contributed by atoms with van der Waals surface area (Å²) in [6.07, 6.45) is -5.21. The van der Waals surface area contributed by atoms with Crippen molar-refractivity contribution in [3.8, 4) is 0 Å². The topological polar surface area (TPSA) is 46.6 Å². The van der Waals surface area contributed by atoms with Crippen LogP contribution in [0.2, 0.25) is 0 Å². The Bertz CT molecular complexity index is 585. The molecule has 1 fully saturated rings. The quantitative estimate of drug-likeness (QED) is 0.615. The van der Waals surface area contributed by atoms with Crippen LogP contribution in [0.3, 0.4) is 0 Å². The molecule has 1 aromatic rings. The summed E-state index contributed by atoms with van der Waals surface area (Å²) in [5, 5.41) is 0. The molecule has 0 saturated heterocycles. The third-order valence-electron chi connectivity index (χ3n) is 3.59. The summed E-state index contributed by atoms with van der Waals surface area (Å²) in [7, 11) is 1.15. The van der Waals surface area contributed by atoms with Crippen LogP contribution in [0.4, 0.5) is 17.6 Å². The first-order valence-electron chi connectivity index (χ1n) is 6.89. The second kappa shape index (κ2) is 6.55. The summed E-state index contributed by atoms with van der Waals surface area (Å²) in [4.78, 5) is 24.8. The van der Waals surface area contributed by atoms with E-state index in [1.54, 1.807) is 0 Å². The number of ether oxygens (including phenoxy) is 1. The van der Waals surface area contributed by atoms with Crippen LogP contribution in [-0.2, 0) is 15.7 Å². The van der Waals surface area contributed by atoms with E-state index in [-0.39, 0.29) is 24.6 Å². The average Bonchev–Trinajstić information content (AvgIpc) is 3.20. The van der Waals surface area contributed by atoms with Crippen molar-refractivity contribution in [3.63, 3.8) is 0 Å². The van der Waals surface area contributed by atoms with Gasteiger partial charge in [0.1, 0.15) is 12.7 Å². The van der Waals surface area contributed by atoms with Gasteiger partial charge in [0.2, 0.25) is 0 Å². The zero-order valence-electron chi connectivity index (χ0n) is 12.3. The van der Waals surface area contributed by atoms with Crippen molar-refractivity contribution in [3.05, 3.63) is 35.4 Å². The summed E-state index contributed by atoms with van der Waals surface area (Å²) in [6, 6.07) is 3.65. The lowest BCUT2D eigenvalue weighted by Crippen LogP contribution is -2.38. The summed E-state index contributed by atoms with van der Waals surface area (Å²) in [6.45, 7) is -0.351. The monoisotopic (exact) mass is 333 g/mol. The number of rotatable bonds is 5. The Hall–Kier alpha value is -2.12. The maximum Gasteiger partial charge on any atom is 0.416 e. The molecule has 0 bridgehead atoms. The highest BCUT2D eigenvalue weighted by Gasteiger charge is 2.40. The standard InChI is InChI=1S/C15H15F4NO3/c1-23-13(21)8-20(7-10-6-12(10)16)14(22)9-2-4-11(5-3-9)15(17,18)19/h2-5,10,12H,6-8H2,1H3. The van der Waals surface area contributed by atoms with E-state index >= 15 is 0 Å². The molecule has 0 N–H and O–H groups in total. The highest BCUT2D eigenvalue weighted by Crippen LogP contribution is 2.35. The Kier molecular flexibility index (Phi) is 4.91. The maximum atomic E-state index is 13.0. The Balaban J connectivity index is 2.13. The molecule has 1 aromatic carbocycles. The van der Waals surface area contributed by atoms with Gasteiger partial charge >= 0.3 is 12.1 Å². The lowest BCUT2D eigenvalue weighted by atomic mass is 10.1. The number of nitrogens with zero attached hydrogens (tertiary/aromatic N) is 1. The smallest absolute Gasteiger partial charge is 0.416 e. The van der Waals surface area contributed by atoms with Gasteiger partial charge in [-0.25, -0.2) is 4.39 Å². The van der Waals surface area contributed by atoms with E-state index in [0.29, 0.717) is 6.42 Å². The molecule has 0 aliphatic heterocycles. The van der Waals surface area contributed by atoms with Crippen molar-refractivity contribution in [2.24, 2.45) is 5.92 Å². The van der Waals surface area contributed by atoms with Gasteiger partial charge < -0.3 is 9.64 Å². The van der Waals surface area contributed by atoms with E-state index in [2.05, 4.69) is 4.74 Å². The second-order valence-electron chi connectivity index (χ2n) is 5.35. The highest BCUT2D eigenvalue weighted by molar-refractivity contribution is 5.96.